The molecule has 2 aromatic carbocycles. The smallest absolute Gasteiger partial charge is 0.0685 e. The fourth-order valence-electron chi connectivity index (χ4n) is 3.39. The van der Waals surface area contributed by atoms with Crippen LogP contribution in [0.25, 0.3) is 0 Å². The van der Waals surface area contributed by atoms with Crippen LogP contribution in [-0.4, -0.2) is 27.2 Å². The molecule has 0 radical (unpaired) electrons. The van der Waals surface area contributed by atoms with Gasteiger partial charge in [-0.2, -0.15) is 0 Å². The van der Waals surface area contributed by atoms with Crippen LogP contribution in [0.1, 0.15) is 68.9 Å². The summed E-state index contributed by atoms with van der Waals surface area (Å²) in [6, 6.07) is 12.6. The lowest BCUT2D eigenvalue weighted by atomic mass is 9.79. The summed E-state index contributed by atoms with van der Waals surface area (Å²) in [6.07, 6.45) is 1.57. The van der Waals surface area contributed by atoms with Crippen molar-refractivity contribution in [2.75, 3.05) is 5.75 Å². The molecule has 166 valence electrons. The maximum Gasteiger partial charge on any atom is 0.0685 e. The molecule has 0 bridgehead atoms. The minimum Gasteiger partial charge on any atom is -0.392 e. The standard InChI is InChI=1S/C26H38O3S/c1-18-13-22(9-10-23(18)30-17-24(29)25(2,3)4)26(5,6)12-11-19-7-8-20(15-27)21(14-19)16-28/h7-10,13-14,24,27-29H,11-12,15-17H2,1-6H3. The Morgan fingerprint density at radius 1 is 0.900 bits per heavy atom. The minimum atomic E-state index is -0.334. The Kier molecular flexibility index (Phi) is 8.58. The summed E-state index contributed by atoms with van der Waals surface area (Å²) in [7, 11) is 0. The van der Waals surface area contributed by atoms with Crippen LogP contribution in [0.4, 0.5) is 0 Å². The van der Waals surface area contributed by atoms with Crippen LogP contribution in [0.15, 0.2) is 41.3 Å². The number of rotatable bonds is 9. The van der Waals surface area contributed by atoms with Crippen LogP contribution in [0, 0.1) is 12.3 Å². The van der Waals surface area contributed by atoms with Crippen molar-refractivity contribution in [2.45, 2.75) is 84.0 Å². The number of hydrogen-bond acceptors (Lipinski definition) is 4. The van der Waals surface area contributed by atoms with Crippen molar-refractivity contribution < 1.29 is 15.3 Å². The van der Waals surface area contributed by atoms with E-state index < -0.39 is 0 Å². The zero-order valence-corrected chi connectivity index (χ0v) is 20.1. The zero-order chi connectivity index (χ0) is 22.5. The van der Waals surface area contributed by atoms with Gasteiger partial charge in [0.05, 0.1) is 19.3 Å². The van der Waals surface area contributed by atoms with E-state index in [0.29, 0.717) is 5.75 Å². The molecule has 0 amide bonds. The highest BCUT2D eigenvalue weighted by Crippen LogP contribution is 2.34. The average molecular weight is 431 g/mol. The Morgan fingerprint density at radius 3 is 2.13 bits per heavy atom. The van der Waals surface area contributed by atoms with Crippen molar-refractivity contribution in [2.24, 2.45) is 5.41 Å². The Labute approximate surface area is 186 Å². The van der Waals surface area contributed by atoms with E-state index in [1.54, 1.807) is 11.8 Å². The number of aliphatic hydroxyl groups excluding tert-OH is 3. The van der Waals surface area contributed by atoms with Gasteiger partial charge in [-0.1, -0.05) is 65.0 Å². The van der Waals surface area contributed by atoms with Gasteiger partial charge < -0.3 is 15.3 Å². The first-order chi connectivity index (χ1) is 14.0. The fraction of sp³-hybridized carbons (Fsp3) is 0.538. The lowest BCUT2D eigenvalue weighted by Crippen LogP contribution is -2.28. The minimum absolute atomic E-state index is 0.0217. The van der Waals surface area contributed by atoms with Gasteiger partial charge in [0.15, 0.2) is 0 Å². The second-order valence-electron chi connectivity index (χ2n) is 9.98. The van der Waals surface area contributed by atoms with Gasteiger partial charge in [0.1, 0.15) is 0 Å². The Bertz CT molecular complexity index is 837. The first-order valence-electron chi connectivity index (χ1n) is 10.7. The molecule has 0 aliphatic heterocycles. The second-order valence-corrected chi connectivity index (χ2v) is 11.0. The number of benzene rings is 2. The van der Waals surface area contributed by atoms with Gasteiger partial charge >= 0.3 is 0 Å². The molecule has 2 aromatic rings. The quantitative estimate of drug-likeness (QED) is 0.467. The molecule has 0 heterocycles. The molecule has 2 rings (SSSR count). The first-order valence-corrected chi connectivity index (χ1v) is 11.7. The van der Waals surface area contributed by atoms with Gasteiger partial charge in [0, 0.05) is 10.6 Å². The van der Waals surface area contributed by atoms with Crippen LogP contribution in [0.5, 0.6) is 0 Å². The molecule has 0 saturated heterocycles. The van der Waals surface area contributed by atoms with E-state index >= 15 is 0 Å². The maximum atomic E-state index is 10.3. The van der Waals surface area contributed by atoms with Crippen molar-refractivity contribution >= 4 is 11.8 Å². The van der Waals surface area contributed by atoms with Crippen LogP contribution < -0.4 is 0 Å². The molecule has 0 spiro atoms. The van der Waals surface area contributed by atoms with Gasteiger partial charge in [0.25, 0.3) is 0 Å². The number of aliphatic hydroxyl groups is 3. The van der Waals surface area contributed by atoms with Gasteiger partial charge in [-0.25, -0.2) is 0 Å². The molecule has 30 heavy (non-hydrogen) atoms. The summed E-state index contributed by atoms with van der Waals surface area (Å²) < 4.78 is 0. The molecular weight excluding hydrogens is 392 g/mol. The summed E-state index contributed by atoms with van der Waals surface area (Å²) in [6.45, 7) is 12.8. The number of thioether (sulfide) groups is 1. The van der Waals surface area contributed by atoms with Crippen LogP contribution in [0.2, 0.25) is 0 Å². The third-order valence-corrected chi connectivity index (χ3v) is 7.25. The average Bonchev–Trinajstić information content (AvgIpc) is 2.70. The molecular formula is C26H38O3S. The van der Waals surface area contributed by atoms with E-state index in [-0.39, 0.29) is 30.1 Å². The predicted octanol–water partition coefficient (Wildman–Crippen LogP) is 5.39. The highest BCUT2D eigenvalue weighted by molar-refractivity contribution is 7.99. The summed E-state index contributed by atoms with van der Waals surface area (Å²) in [5, 5.41) is 29.2. The molecule has 1 unspecified atom stereocenters. The maximum absolute atomic E-state index is 10.3. The van der Waals surface area contributed by atoms with Gasteiger partial charge in [-0.3, -0.25) is 0 Å². The van der Waals surface area contributed by atoms with Gasteiger partial charge in [-0.15, -0.1) is 11.8 Å². The summed E-state index contributed by atoms with van der Waals surface area (Å²) >= 11 is 1.73. The third-order valence-electron chi connectivity index (χ3n) is 6.00. The second kappa shape index (κ2) is 10.3. The molecule has 0 aliphatic rings. The summed E-state index contributed by atoms with van der Waals surface area (Å²) in [5.41, 5.74) is 5.27. The first kappa shape index (κ1) is 24.9. The van der Waals surface area contributed by atoms with E-state index in [4.69, 9.17) is 0 Å². The Morgan fingerprint density at radius 2 is 1.57 bits per heavy atom. The van der Waals surface area contributed by atoms with Crippen molar-refractivity contribution in [1.29, 1.82) is 0 Å². The van der Waals surface area contributed by atoms with E-state index in [1.807, 2.05) is 18.2 Å². The predicted molar refractivity (Wildman–Crippen MR) is 127 cm³/mol. The van der Waals surface area contributed by atoms with Crippen LogP contribution in [0.3, 0.4) is 0 Å². The molecule has 0 aliphatic carbocycles. The Hall–Kier alpha value is -1.33. The summed E-state index contributed by atoms with van der Waals surface area (Å²) in [4.78, 5) is 1.23. The number of hydrogen-bond donors (Lipinski definition) is 3. The normalized spacial score (nSPS) is 13.5. The van der Waals surface area contributed by atoms with Crippen molar-refractivity contribution in [3.05, 3.63) is 64.2 Å². The zero-order valence-electron chi connectivity index (χ0n) is 19.3. The topological polar surface area (TPSA) is 60.7 Å². The van der Waals surface area contributed by atoms with Gasteiger partial charge in [0.2, 0.25) is 0 Å². The van der Waals surface area contributed by atoms with E-state index in [1.165, 1.54) is 21.6 Å². The number of aryl methyl sites for hydroxylation is 2. The van der Waals surface area contributed by atoms with E-state index in [0.717, 1.165) is 24.0 Å². The summed E-state index contributed by atoms with van der Waals surface area (Å²) in [5.74, 6) is 0.699. The largest absolute Gasteiger partial charge is 0.392 e. The Balaban J connectivity index is 2.06. The van der Waals surface area contributed by atoms with Crippen LogP contribution >= 0.6 is 11.8 Å². The van der Waals surface area contributed by atoms with Crippen LogP contribution in [-0.2, 0) is 25.0 Å². The molecule has 0 saturated carbocycles. The lowest BCUT2D eigenvalue weighted by Gasteiger charge is -2.27. The highest BCUT2D eigenvalue weighted by Gasteiger charge is 2.24. The SMILES string of the molecule is Cc1cc(C(C)(C)CCc2ccc(CO)c(CO)c2)ccc1SCC(O)C(C)(C)C. The molecule has 0 fully saturated rings. The lowest BCUT2D eigenvalue weighted by molar-refractivity contribution is 0.0843. The molecule has 1 atom stereocenters. The molecule has 4 heteroatoms. The van der Waals surface area contributed by atoms with Gasteiger partial charge in [-0.05, 0) is 64.5 Å². The molecule has 0 aromatic heterocycles. The highest BCUT2D eigenvalue weighted by atomic mass is 32.2. The monoisotopic (exact) mass is 430 g/mol. The van der Waals surface area contributed by atoms with Crippen molar-refractivity contribution in [3.63, 3.8) is 0 Å². The fourth-order valence-corrected chi connectivity index (χ4v) is 4.68. The van der Waals surface area contributed by atoms with Crippen molar-refractivity contribution in [3.8, 4) is 0 Å². The van der Waals surface area contributed by atoms with E-state index in [2.05, 4.69) is 59.7 Å². The molecule has 3 N–H and O–H groups in total. The van der Waals surface area contributed by atoms with Crippen molar-refractivity contribution in [1.82, 2.24) is 0 Å². The third kappa shape index (κ3) is 6.58. The molecule has 3 nitrogen and oxygen atoms in total. The van der Waals surface area contributed by atoms with E-state index in [9.17, 15) is 15.3 Å².